The van der Waals surface area contributed by atoms with Crippen molar-refractivity contribution in [1.29, 1.82) is 0 Å². The number of pyridine rings is 1. The molecule has 8 heteroatoms. The number of aromatic nitrogens is 1. The van der Waals surface area contributed by atoms with Crippen LogP contribution in [0.3, 0.4) is 0 Å². The summed E-state index contributed by atoms with van der Waals surface area (Å²) >= 11 is 0. The lowest BCUT2D eigenvalue weighted by Crippen LogP contribution is -2.44. The fraction of sp³-hybridized carbons (Fsp3) is 0.500. The molecule has 2 aliphatic heterocycles. The lowest BCUT2D eigenvalue weighted by Gasteiger charge is -2.32. The first kappa shape index (κ1) is 18.0. The summed E-state index contributed by atoms with van der Waals surface area (Å²) in [7, 11) is 0. The summed E-state index contributed by atoms with van der Waals surface area (Å²) in [5, 5.41) is 2.80. The number of amides is 4. The van der Waals surface area contributed by atoms with Crippen LogP contribution in [0, 0.1) is 5.92 Å². The SMILES string of the molecule is O=C(CN1C(=O)CCC1=O)NCC1CCN(C(=O)c2ccncc2)CC1. The van der Waals surface area contributed by atoms with Gasteiger partial charge in [0.25, 0.3) is 5.91 Å². The molecule has 1 aromatic rings. The van der Waals surface area contributed by atoms with Gasteiger partial charge in [-0.3, -0.25) is 29.1 Å². The Labute approximate surface area is 151 Å². The molecule has 1 N–H and O–H groups in total. The third-order valence-corrected chi connectivity index (χ3v) is 4.87. The number of nitrogens with zero attached hydrogens (tertiary/aromatic N) is 3. The van der Waals surface area contributed by atoms with E-state index in [0.29, 0.717) is 25.2 Å². The predicted octanol–water partition coefficient (Wildman–Crippen LogP) is 0.199. The number of nitrogens with one attached hydrogen (secondary N) is 1. The smallest absolute Gasteiger partial charge is 0.253 e. The highest BCUT2D eigenvalue weighted by molar-refractivity contribution is 6.04. The number of rotatable bonds is 5. The van der Waals surface area contributed by atoms with Gasteiger partial charge < -0.3 is 10.2 Å². The first-order chi connectivity index (χ1) is 12.5. The molecule has 0 unspecified atom stereocenters. The van der Waals surface area contributed by atoms with E-state index in [2.05, 4.69) is 10.3 Å². The Balaban J connectivity index is 1.40. The van der Waals surface area contributed by atoms with Crippen LogP contribution in [0.25, 0.3) is 0 Å². The molecule has 138 valence electrons. The van der Waals surface area contributed by atoms with E-state index in [0.717, 1.165) is 17.7 Å². The van der Waals surface area contributed by atoms with Crippen LogP contribution in [-0.4, -0.2) is 64.6 Å². The Kier molecular flexibility index (Phi) is 5.60. The number of carbonyl (C=O) groups is 4. The van der Waals surface area contributed by atoms with Crippen LogP contribution in [0.2, 0.25) is 0 Å². The maximum atomic E-state index is 12.4. The molecule has 2 aliphatic rings. The van der Waals surface area contributed by atoms with Crippen molar-refractivity contribution in [1.82, 2.24) is 20.1 Å². The minimum Gasteiger partial charge on any atom is -0.354 e. The van der Waals surface area contributed by atoms with E-state index in [1.54, 1.807) is 24.5 Å². The van der Waals surface area contributed by atoms with Gasteiger partial charge in [-0.25, -0.2) is 0 Å². The molecule has 0 saturated carbocycles. The molecule has 0 aromatic carbocycles. The highest BCUT2D eigenvalue weighted by Crippen LogP contribution is 2.18. The largest absolute Gasteiger partial charge is 0.354 e. The molecule has 0 atom stereocenters. The Bertz CT molecular complexity index is 682. The summed E-state index contributed by atoms with van der Waals surface area (Å²) in [4.78, 5) is 54.2. The van der Waals surface area contributed by atoms with Gasteiger partial charge in [0.1, 0.15) is 6.54 Å². The van der Waals surface area contributed by atoms with Crippen LogP contribution < -0.4 is 5.32 Å². The van der Waals surface area contributed by atoms with Gasteiger partial charge in [0, 0.05) is 50.4 Å². The van der Waals surface area contributed by atoms with Crippen LogP contribution in [0.5, 0.6) is 0 Å². The zero-order valence-electron chi connectivity index (χ0n) is 14.5. The van der Waals surface area contributed by atoms with E-state index in [9.17, 15) is 19.2 Å². The summed E-state index contributed by atoms with van der Waals surface area (Å²) in [5.74, 6) is -0.601. The van der Waals surface area contributed by atoms with Crippen LogP contribution in [-0.2, 0) is 14.4 Å². The first-order valence-electron chi connectivity index (χ1n) is 8.84. The molecular weight excluding hydrogens is 336 g/mol. The Hall–Kier alpha value is -2.77. The van der Waals surface area contributed by atoms with Gasteiger partial charge in [-0.1, -0.05) is 0 Å². The maximum absolute atomic E-state index is 12.4. The van der Waals surface area contributed by atoms with E-state index >= 15 is 0 Å². The molecule has 0 radical (unpaired) electrons. The van der Waals surface area contributed by atoms with Gasteiger partial charge in [-0.05, 0) is 30.9 Å². The van der Waals surface area contributed by atoms with Crippen LogP contribution in [0.1, 0.15) is 36.0 Å². The monoisotopic (exact) mass is 358 g/mol. The highest BCUT2D eigenvalue weighted by Gasteiger charge is 2.30. The van der Waals surface area contributed by atoms with Gasteiger partial charge in [0.15, 0.2) is 0 Å². The Morgan fingerprint density at radius 2 is 1.69 bits per heavy atom. The highest BCUT2D eigenvalue weighted by atomic mass is 16.2. The molecule has 4 amide bonds. The zero-order valence-corrected chi connectivity index (χ0v) is 14.5. The van der Waals surface area contributed by atoms with E-state index < -0.39 is 0 Å². The van der Waals surface area contributed by atoms with Crippen LogP contribution >= 0.6 is 0 Å². The maximum Gasteiger partial charge on any atom is 0.253 e. The Morgan fingerprint density at radius 3 is 2.31 bits per heavy atom. The fourth-order valence-corrected chi connectivity index (χ4v) is 3.27. The lowest BCUT2D eigenvalue weighted by molar-refractivity contribution is -0.142. The number of imide groups is 1. The Morgan fingerprint density at radius 1 is 1.08 bits per heavy atom. The van der Waals surface area contributed by atoms with Crippen molar-refractivity contribution in [3.05, 3.63) is 30.1 Å². The summed E-state index contributed by atoms with van der Waals surface area (Å²) in [6.07, 6.45) is 5.19. The van der Waals surface area contributed by atoms with Gasteiger partial charge in [-0.15, -0.1) is 0 Å². The van der Waals surface area contributed by atoms with E-state index in [-0.39, 0.29) is 48.9 Å². The van der Waals surface area contributed by atoms with E-state index in [4.69, 9.17) is 0 Å². The van der Waals surface area contributed by atoms with Crippen molar-refractivity contribution >= 4 is 23.6 Å². The number of hydrogen-bond acceptors (Lipinski definition) is 5. The standard InChI is InChI=1S/C18H22N4O4/c23-15(12-22-16(24)1-2-17(22)25)20-11-13-5-9-21(10-6-13)18(26)14-3-7-19-8-4-14/h3-4,7-8,13H,1-2,5-6,9-12H2,(H,20,23). The van der Waals surface area contributed by atoms with Gasteiger partial charge in [0.05, 0.1) is 0 Å². The number of carbonyl (C=O) groups excluding carboxylic acids is 4. The van der Waals surface area contributed by atoms with Crippen LogP contribution in [0.4, 0.5) is 0 Å². The quantitative estimate of drug-likeness (QED) is 0.758. The van der Waals surface area contributed by atoms with Crippen molar-refractivity contribution in [2.45, 2.75) is 25.7 Å². The second-order valence-corrected chi connectivity index (χ2v) is 6.65. The van der Waals surface area contributed by atoms with Crippen molar-refractivity contribution in [2.75, 3.05) is 26.2 Å². The van der Waals surface area contributed by atoms with Gasteiger partial charge in [0.2, 0.25) is 17.7 Å². The predicted molar refractivity (Wildman–Crippen MR) is 91.8 cm³/mol. The second-order valence-electron chi connectivity index (χ2n) is 6.65. The molecule has 3 rings (SSSR count). The second kappa shape index (κ2) is 8.07. The van der Waals surface area contributed by atoms with Crippen molar-refractivity contribution in [2.24, 2.45) is 5.92 Å². The van der Waals surface area contributed by atoms with Crippen LogP contribution in [0.15, 0.2) is 24.5 Å². The van der Waals surface area contributed by atoms with E-state index in [1.807, 2.05) is 4.90 Å². The number of hydrogen-bond donors (Lipinski definition) is 1. The first-order valence-corrected chi connectivity index (χ1v) is 8.84. The topological polar surface area (TPSA) is 99.7 Å². The van der Waals surface area contributed by atoms with Crippen molar-refractivity contribution < 1.29 is 19.2 Å². The summed E-state index contributed by atoms with van der Waals surface area (Å²) in [6.45, 7) is 1.58. The molecular formula is C18H22N4O4. The third kappa shape index (κ3) is 4.25. The minimum atomic E-state index is -0.316. The van der Waals surface area contributed by atoms with Crippen molar-refractivity contribution in [3.8, 4) is 0 Å². The molecule has 8 nitrogen and oxygen atoms in total. The molecule has 0 bridgehead atoms. The average molecular weight is 358 g/mol. The summed E-state index contributed by atoms with van der Waals surface area (Å²) in [5.41, 5.74) is 0.631. The lowest BCUT2D eigenvalue weighted by atomic mass is 9.96. The fourth-order valence-electron chi connectivity index (χ4n) is 3.27. The number of likely N-dealkylation sites (tertiary alicyclic amines) is 2. The van der Waals surface area contributed by atoms with Gasteiger partial charge >= 0.3 is 0 Å². The molecule has 2 fully saturated rings. The third-order valence-electron chi connectivity index (χ3n) is 4.87. The zero-order chi connectivity index (χ0) is 18.5. The van der Waals surface area contributed by atoms with Crippen molar-refractivity contribution in [3.63, 3.8) is 0 Å². The summed E-state index contributed by atoms with van der Waals surface area (Å²) < 4.78 is 0. The normalized spacial score (nSPS) is 18.3. The molecule has 2 saturated heterocycles. The minimum absolute atomic E-state index is 0.000874. The van der Waals surface area contributed by atoms with E-state index in [1.165, 1.54) is 0 Å². The molecule has 1 aromatic heterocycles. The number of piperidine rings is 1. The van der Waals surface area contributed by atoms with Gasteiger partial charge in [-0.2, -0.15) is 0 Å². The molecule has 0 aliphatic carbocycles. The molecule has 0 spiro atoms. The average Bonchev–Trinajstić information content (AvgIpc) is 2.99. The molecule has 3 heterocycles. The summed E-state index contributed by atoms with van der Waals surface area (Å²) in [6, 6.07) is 3.41. The molecule has 26 heavy (non-hydrogen) atoms.